The Balaban J connectivity index is 1.79. The van der Waals surface area contributed by atoms with E-state index in [0.29, 0.717) is 12.5 Å². The van der Waals surface area contributed by atoms with Gasteiger partial charge in [-0.3, -0.25) is 9.59 Å². The second-order valence-corrected chi connectivity index (χ2v) is 7.01. The zero-order chi connectivity index (χ0) is 17.3. The number of carbonyl (C=O) groups is 2. The van der Waals surface area contributed by atoms with Crippen molar-refractivity contribution < 1.29 is 9.59 Å². The molecule has 2 heterocycles. The third-order valence-corrected chi connectivity index (χ3v) is 4.47. The normalized spacial score (nSPS) is 19.2. The van der Waals surface area contributed by atoms with Crippen LogP contribution in [0.15, 0.2) is 24.3 Å². The Bertz CT molecular complexity index is 719. The Labute approximate surface area is 141 Å². The quantitative estimate of drug-likeness (QED) is 0.883. The fourth-order valence-electron chi connectivity index (χ4n) is 3.18. The number of H-pyrrole nitrogens is 1. The lowest BCUT2D eigenvalue weighted by Gasteiger charge is -2.20. The van der Waals surface area contributed by atoms with Crippen LogP contribution in [0.3, 0.4) is 0 Å². The monoisotopic (exact) mass is 328 g/mol. The van der Waals surface area contributed by atoms with Crippen molar-refractivity contribution in [3.05, 3.63) is 30.1 Å². The molecule has 1 aliphatic heterocycles. The molecule has 0 saturated carbocycles. The molecule has 0 bridgehead atoms. The first kappa shape index (κ1) is 16.5. The third kappa shape index (κ3) is 3.42. The highest BCUT2D eigenvalue weighted by Crippen LogP contribution is 2.24. The molecule has 2 aromatic rings. The smallest absolute Gasteiger partial charge is 0.226 e. The highest BCUT2D eigenvalue weighted by Gasteiger charge is 2.33. The van der Waals surface area contributed by atoms with Crippen LogP contribution in [0.2, 0.25) is 0 Å². The number of nitrogens with one attached hydrogen (secondary N) is 2. The van der Waals surface area contributed by atoms with E-state index in [-0.39, 0.29) is 30.2 Å². The summed E-state index contributed by atoms with van der Waals surface area (Å²) in [4.78, 5) is 33.8. The molecule has 2 atom stereocenters. The van der Waals surface area contributed by atoms with Crippen molar-refractivity contribution in [1.82, 2.24) is 20.2 Å². The van der Waals surface area contributed by atoms with Gasteiger partial charge in [-0.2, -0.15) is 0 Å². The summed E-state index contributed by atoms with van der Waals surface area (Å²) in [6.45, 7) is 4.72. The molecular formula is C18H24N4O2. The number of hydrogen-bond acceptors (Lipinski definition) is 3. The highest BCUT2D eigenvalue weighted by atomic mass is 16.2. The standard InChI is InChI=1S/C18H24N4O2/c1-11(2)8-15(17-19-13-6-4-5-7-14(13)20-17)21-18(24)12-9-16(23)22(3)10-12/h4-7,11-12,15H,8-10H2,1-3H3,(H,19,20)(H,21,24)/t12-,15+/m0/s1. The van der Waals surface area contributed by atoms with Gasteiger partial charge in [0.15, 0.2) is 0 Å². The molecular weight excluding hydrogens is 304 g/mol. The summed E-state index contributed by atoms with van der Waals surface area (Å²) >= 11 is 0. The van der Waals surface area contributed by atoms with E-state index in [1.807, 2.05) is 24.3 Å². The number of rotatable bonds is 5. The number of hydrogen-bond donors (Lipinski definition) is 2. The predicted molar refractivity (Wildman–Crippen MR) is 92.2 cm³/mol. The molecule has 0 radical (unpaired) electrons. The summed E-state index contributed by atoms with van der Waals surface area (Å²) in [7, 11) is 1.74. The average Bonchev–Trinajstić information content (AvgIpc) is 3.10. The molecule has 1 aromatic heterocycles. The van der Waals surface area contributed by atoms with E-state index in [1.165, 1.54) is 0 Å². The molecule has 6 heteroatoms. The average molecular weight is 328 g/mol. The van der Waals surface area contributed by atoms with Crippen molar-refractivity contribution in [1.29, 1.82) is 0 Å². The van der Waals surface area contributed by atoms with Crippen LogP contribution in [-0.4, -0.2) is 40.3 Å². The maximum atomic E-state index is 12.6. The number of aromatic amines is 1. The van der Waals surface area contributed by atoms with Gasteiger partial charge in [0, 0.05) is 20.0 Å². The Kier molecular flexibility index (Phi) is 4.55. The predicted octanol–water partition coefficient (Wildman–Crippen LogP) is 2.24. The summed E-state index contributed by atoms with van der Waals surface area (Å²) in [6, 6.07) is 7.66. The number of imidazole rings is 1. The molecule has 1 aliphatic rings. The first-order valence-corrected chi connectivity index (χ1v) is 8.43. The summed E-state index contributed by atoms with van der Waals surface area (Å²) in [6.07, 6.45) is 1.08. The number of carbonyl (C=O) groups excluding carboxylic acids is 2. The van der Waals surface area contributed by atoms with Crippen molar-refractivity contribution in [3.63, 3.8) is 0 Å². The molecule has 0 aliphatic carbocycles. The zero-order valence-corrected chi connectivity index (χ0v) is 14.4. The van der Waals surface area contributed by atoms with Crippen LogP contribution in [-0.2, 0) is 9.59 Å². The first-order valence-electron chi connectivity index (χ1n) is 8.43. The van der Waals surface area contributed by atoms with Crippen LogP contribution in [0.4, 0.5) is 0 Å². The molecule has 0 unspecified atom stereocenters. The summed E-state index contributed by atoms with van der Waals surface area (Å²) in [5.41, 5.74) is 1.86. The van der Waals surface area contributed by atoms with E-state index in [0.717, 1.165) is 23.3 Å². The minimum Gasteiger partial charge on any atom is -0.346 e. The fraction of sp³-hybridized carbons (Fsp3) is 0.500. The second kappa shape index (κ2) is 6.63. The second-order valence-electron chi connectivity index (χ2n) is 7.01. The van der Waals surface area contributed by atoms with Gasteiger partial charge in [0.05, 0.1) is 23.0 Å². The molecule has 24 heavy (non-hydrogen) atoms. The van der Waals surface area contributed by atoms with Crippen molar-refractivity contribution in [2.45, 2.75) is 32.7 Å². The first-order chi connectivity index (χ1) is 11.4. The molecule has 3 rings (SSSR count). The number of fused-ring (bicyclic) bond motifs is 1. The molecule has 1 fully saturated rings. The minimum absolute atomic E-state index is 0.0271. The SMILES string of the molecule is CC(C)C[C@@H](NC(=O)[C@H]1CC(=O)N(C)C1)c1nc2ccccc2[nH]1. The van der Waals surface area contributed by atoms with Crippen LogP contribution in [0, 0.1) is 11.8 Å². The van der Waals surface area contributed by atoms with Crippen LogP contribution in [0.1, 0.15) is 38.6 Å². The van der Waals surface area contributed by atoms with Crippen molar-refractivity contribution in [3.8, 4) is 0 Å². The minimum atomic E-state index is -0.276. The Morgan fingerprint density at radius 1 is 1.42 bits per heavy atom. The van der Waals surface area contributed by atoms with E-state index in [1.54, 1.807) is 11.9 Å². The third-order valence-electron chi connectivity index (χ3n) is 4.47. The summed E-state index contributed by atoms with van der Waals surface area (Å²) < 4.78 is 0. The van der Waals surface area contributed by atoms with E-state index in [2.05, 4.69) is 29.1 Å². The molecule has 0 spiro atoms. The lowest BCUT2D eigenvalue weighted by Crippen LogP contribution is -2.36. The van der Waals surface area contributed by atoms with Crippen LogP contribution >= 0.6 is 0 Å². The lowest BCUT2D eigenvalue weighted by atomic mass is 10.0. The zero-order valence-electron chi connectivity index (χ0n) is 14.4. The van der Waals surface area contributed by atoms with E-state index in [4.69, 9.17) is 0 Å². The van der Waals surface area contributed by atoms with Gasteiger partial charge in [0.1, 0.15) is 5.82 Å². The maximum Gasteiger partial charge on any atom is 0.226 e. The number of para-hydroxylation sites is 2. The molecule has 2 amide bonds. The van der Waals surface area contributed by atoms with Crippen molar-refractivity contribution in [2.24, 2.45) is 11.8 Å². The molecule has 2 N–H and O–H groups in total. The van der Waals surface area contributed by atoms with Crippen molar-refractivity contribution in [2.75, 3.05) is 13.6 Å². The number of likely N-dealkylation sites (tertiary alicyclic amines) is 1. The Morgan fingerprint density at radius 3 is 2.79 bits per heavy atom. The topological polar surface area (TPSA) is 78.1 Å². The van der Waals surface area contributed by atoms with E-state index >= 15 is 0 Å². The molecule has 1 aromatic carbocycles. The van der Waals surface area contributed by atoms with Crippen molar-refractivity contribution >= 4 is 22.8 Å². The molecule has 128 valence electrons. The van der Waals surface area contributed by atoms with Crippen LogP contribution < -0.4 is 5.32 Å². The van der Waals surface area contributed by atoms with Gasteiger partial charge in [0.25, 0.3) is 0 Å². The highest BCUT2D eigenvalue weighted by molar-refractivity contribution is 5.89. The number of benzene rings is 1. The number of amides is 2. The van der Waals surface area contributed by atoms with Crippen LogP contribution in [0.5, 0.6) is 0 Å². The molecule has 1 saturated heterocycles. The van der Waals surface area contributed by atoms with E-state index < -0.39 is 0 Å². The summed E-state index contributed by atoms with van der Waals surface area (Å²) in [5, 5.41) is 3.10. The van der Waals surface area contributed by atoms with Gasteiger partial charge in [0.2, 0.25) is 11.8 Å². The van der Waals surface area contributed by atoms with Crippen LogP contribution in [0.25, 0.3) is 11.0 Å². The van der Waals surface area contributed by atoms with Gasteiger partial charge >= 0.3 is 0 Å². The lowest BCUT2D eigenvalue weighted by molar-refractivity contribution is -0.128. The summed E-state index contributed by atoms with van der Waals surface area (Å²) in [5.74, 6) is 0.868. The number of nitrogens with zero attached hydrogens (tertiary/aromatic N) is 2. The largest absolute Gasteiger partial charge is 0.346 e. The van der Waals surface area contributed by atoms with Gasteiger partial charge in [-0.05, 0) is 24.5 Å². The maximum absolute atomic E-state index is 12.6. The van der Waals surface area contributed by atoms with Gasteiger partial charge < -0.3 is 15.2 Å². The van der Waals surface area contributed by atoms with Gasteiger partial charge in [-0.25, -0.2) is 4.98 Å². The fourth-order valence-corrected chi connectivity index (χ4v) is 3.18. The molecule has 6 nitrogen and oxygen atoms in total. The Hall–Kier alpha value is -2.37. The van der Waals surface area contributed by atoms with Gasteiger partial charge in [-0.15, -0.1) is 0 Å². The van der Waals surface area contributed by atoms with E-state index in [9.17, 15) is 9.59 Å². The van der Waals surface area contributed by atoms with Gasteiger partial charge in [-0.1, -0.05) is 26.0 Å². The number of aromatic nitrogens is 2. The Morgan fingerprint density at radius 2 is 2.17 bits per heavy atom.